The number of ether oxygens (including phenoxy) is 2. The number of nitrogens with one attached hydrogen (secondary N) is 1. The van der Waals surface area contributed by atoms with E-state index in [0.717, 1.165) is 38.5 Å². The smallest absolute Gasteiger partial charge is 0.267 e. The van der Waals surface area contributed by atoms with Crippen molar-refractivity contribution in [3.05, 3.63) is 24.3 Å². The first kappa shape index (κ1) is 21.4. The fourth-order valence-electron chi connectivity index (χ4n) is 4.58. The molecule has 166 valence electrons. The van der Waals surface area contributed by atoms with Gasteiger partial charge in [-0.15, -0.1) is 0 Å². The van der Waals surface area contributed by atoms with Gasteiger partial charge in [-0.2, -0.15) is 5.26 Å². The van der Waals surface area contributed by atoms with Gasteiger partial charge in [0.2, 0.25) is 12.0 Å². The standard InChI is InChI=1S/C23H30N4O4/c24-17-23(9-5-1-2-6-10-23)25-21(28)15-26-11-13-27(14-12-26)22(29)20-16-30-18-7-3-4-8-19(18)31-20/h3-4,7-8,20H,1-2,5-6,9-16H2,(H,25,28). The van der Waals surface area contributed by atoms with E-state index in [1.54, 1.807) is 11.0 Å². The van der Waals surface area contributed by atoms with Crippen molar-refractivity contribution in [3.63, 3.8) is 0 Å². The van der Waals surface area contributed by atoms with Gasteiger partial charge < -0.3 is 19.7 Å². The minimum atomic E-state index is -0.722. The molecule has 0 radical (unpaired) electrons. The predicted molar refractivity (Wildman–Crippen MR) is 114 cm³/mol. The van der Waals surface area contributed by atoms with Gasteiger partial charge in [-0.05, 0) is 25.0 Å². The SMILES string of the molecule is N#CC1(NC(=O)CN2CCN(C(=O)C3COc4ccccc4O3)CC2)CCCCCC1. The molecule has 1 saturated heterocycles. The van der Waals surface area contributed by atoms with E-state index in [0.29, 0.717) is 37.7 Å². The van der Waals surface area contributed by atoms with Gasteiger partial charge in [0.1, 0.15) is 12.1 Å². The second-order valence-electron chi connectivity index (χ2n) is 8.62. The zero-order chi connectivity index (χ0) is 21.7. The highest BCUT2D eigenvalue weighted by atomic mass is 16.6. The Hall–Kier alpha value is -2.79. The Balaban J connectivity index is 1.25. The Morgan fingerprint density at radius 2 is 1.74 bits per heavy atom. The number of carbonyl (C=O) groups excluding carboxylic acids is 2. The second kappa shape index (κ2) is 9.56. The molecule has 1 aliphatic carbocycles. The summed E-state index contributed by atoms with van der Waals surface area (Å²) in [6.07, 6.45) is 5.01. The second-order valence-corrected chi connectivity index (χ2v) is 8.62. The summed E-state index contributed by atoms with van der Waals surface area (Å²) in [5, 5.41) is 12.7. The lowest BCUT2D eigenvalue weighted by molar-refractivity contribution is -0.143. The van der Waals surface area contributed by atoms with Gasteiger partial charge in [0.15, 0.2) is 11.5 Å². The van der Waals surface area contributed by atoms with Crippen molar-refractivity contribution < 1.29 is 19.1 Å². The molecule has 31 heavy (non-hydrogen) atoms. The van der Waals surface area contributed by atoms with Crippen LogP contribution in [-0.2, 0) is 9.59 Å². The van der Waals surface area contributed by atoms with Crippen molar-refractivity contribution in [3.8, 4) is 17.6 Å². The Kier molecular flexibility index (Phi) is 6.62. The summed E-state index contributed by atoms with van der Waals surface area (Å²) >= 11 is 0. The first-order valence-electron chi connectivity index (χ1n) is 11.2. The first-order valence-corrected chi connectivity index (χ1v) is 11.2. The third kappa shape index (κ3) is 5.10. The number of hydrogen-bond acceptors (Lipinski definition) is 6. The molecule has 0 bridgehead atoms. The molecular formula is C23H30N4O4. The lowest BCUT2D eigenvalue weighted by Crippen LogP contribution is -2.56. The van der Waals surface area contributed by atoms with Gasteiger partial charge in [-0.3, -0.25) is 14.5 Å². The molecule has 2 heterocycles. The van der Waals surface area contributed by atoms with Crippen LogP contribution in [0.25, 0.3) is 0 Å². The number of para-hydroxylation sites is 2. The van der Waals surface area contributed by atoms with Crippen LogP contribution in [0.1, 0.15) is 38.5 Å². The topological polar surface area (TPSA) is 94.9 Å². The molecule has 1 aromatic carbocycles. The monoisotopic (exact) mass is 426 g/mol. The van der Waals surface area contributed by atoms with Crippen molar-refractivity contribution in [2.45, 2.75) is 50.2 Å². The largest absolute Gasteiger partial charge is 0.485 e. The molecule has 1 unspecified atom stereocenters. The number of piperazine rings is 1. The highest BCUT2D eigenvalue weighted by Gasteiger charge is 2.35. The van der Waals surface area contributed by atoms with E-state index in [-0.39, 0.29) is 25.0 Å². The molecule has 0 aromatic heterocycles. The molecule has 0 spiro atoms. The number of nitrogens with zero attached hydrogens (tertiary/aromatic N) is 3. The minimum absolute atomic E-state index is 0.0829. The summed E-state index contributed by atoms with van der Waals surface area (Å²) in [4.78, 5) is 29.3. The summed E-state index contributed by atoms with van der Waals surface area (Å²) in [5.74, 6) is 1.06. The van der Waals surface area contributed by atoms with Crippen LogP contribution in [0.2, 0.25) is 0 Å². The number of fused-ring (bicyclic) bond motifs is 1. The number of nitriles is 1. The van der Waals surface area contributed by atoms with Crippen LogP contribution in [0, 0.1) is 11.3 Å². The number of rotatable bonds is 4. The van der Waals surface area contributed by atoms with E-state index < -0.39 is 11.6 Å². The van der Waals surface area contributed by atoms with Crippen LogP contribution in [-0.4, -0.2) is 72.6 Å². The maximum absolute atomic E-state index is 12.9. The molecule has 1 saturated carbocycles. The van der Waals surface area contributed by atoms with Crippen LogP contribution in [0.5, 0.6) is 11.5 Å². The zero-order valence-corrected chi connectivity index (χ0v) is 17.8. The predicted octanol–water partition coefficient (Wildman–Crippen LogP) is 1.70. The van der Waals surface area contributed by atoms with E-state index in [1.165, 1.54) is 0 Å². The highest BCUT2D eigenvalue weighted by Crippen LogP contribution is 2.31. The lowest BCUT2D eigenvalue weighted by Gasteiger charge is -2.37. The third-order valence-corrected chi connectivity index (χ3v) is 6.39. The summed E-state index contributed by atoms with van der Waals surface area (Å²) in [5.41, 5.74) is -0.722. The summed E-state index contributed by atoms with van der Waals surface area (Å²) < 4.78 is 11.5. The highest BCUT2D eigenvalue weighted by molar-refractivity contribution is 5.82. The molecule has 8 nitrogen and oxygen atoms in total. The van der Waals surface area contributed by atoms with Crippen LogP contribution in [0.3, 0.4) is 0 Å². The molecule has 2 aliphatic heterocycles. The molecule has 1 atom stereocenters. The molecule has 3 aliphatic rings. The van der Waals surface area contributed by atoms with E-state index in [4.69, 9.17) is 9.47 Å². The first-order chi connectivity index (χ1) is 15.1. The summed E-state index contributed by atoms with van der Waals surface area (Å²) in [7, 11) is 0. The Bertz CT molecular complexity index is 836. The number of amides is 2. The molecule has 8 heteroatoms. The summed E-state index contributed by atoms with van der Waals surface area (Å²) in [6, 6.07) is 9.71. The third-order valence-electron chi connectivity index (χ3n) is 6.39. The Morgan fingerprint density at radius 3 is 2.42 bits per heavy atom. The Labute approximate surface area is 183 Å². The van der Waals surface area contributed by atoms with Crippen molar-refractivity contribution in [1.29, 1.82) is 5.26 Å². The van der Waals surface area contributed by atoms with Gasteiger partial charge in [0.05, 0.1) is 12.6 Å². The molecular weight excluding hydrogens is 396 g/mol. The normalized spacial score (nSPS) is 23.3. The van der Waals surface area contributed by atoms with Crippen molar-refractivity contribution in [2.24, 2.45) is 0 Å². The van der Waals surface area contributed by atoms with E-state index in [2.05, 4.69) is 11.4 Å². The fourth-order valence-corrected chi connectivity index (χ4v) is 4.58. The number of carbonyl (C=O) groups is 2. The van der Waals surface area contributed by atoms with Gasteiger partial charge in [-0.25, -0.2) is 0 Å². The van der Waals surface area contributed by atoms with Gasteiger partial charge >= 0.3 is 0 Å². The van der Waals surface area contributed by atoms with Crippen molar-refractivity contribution in [1.82, 2.24) is 15.1 Å². The van der Waals surface area contributed by atoms with Gasteiger partial charge in [0, 0.05) is 26.2 Å². The van der Waals surface area contributed by atoms with Crippen LogP contribution >= 0.6 is 0 Å². The minimum Gasteiger partial charge on any atom is -0.485 e. The van der Waals surface area contributed by atoms with Crippen molar-refractivity contribution >= 4 is 11.8 Å². The molecule has 4 rings (SSSR count). The number of hydrogen-bond donors (Lipinski definition) is 1. The average Bonchev–Trinajstić information content (AvgIpc) is 3.04. The molecule has 1 aromatic rings. The molecule has 2 amide bonds. The fraction of sp³-hybridized carbons (Fsp3) is 0.609. The average molecular weight is 427 g/mol. The van der Waals surface area contributed by atoms with Crippen LogP contribution < -0.4 is 14.8 Å². The van der Waals surface area contributed by atoms with Gasteiger partial charge in [-0.1, -0.05) is 37.8 Å². The molecule has 2 fully saturated rings. The summed E-state index contributed by atoms with van der Waals surface area (Å²) in [6.45, 7) is 2.76. The maximum Gasteiger partial charge on any atom is 0.267 e. The number of benzene rings is 1. The van der Waals surface area contributed by atoms with Gasteiger partial charge in [0.25, 0.3) is 5.91 Å². The zero-order valence-electron chi connectivity index (χ0n) is 17.8. The van der Waals surface area contributed by atoms with Crippen molar-refractivity contribution in [2.75, 3.05) is 39.3 Å². The van der Waals surface area contributed by atoms with Crippen LogP contribution in [0.4, 0.5) is 0 Å². The Morgan fingerprint density at radius 1 is 1.06 bits per heavy atom. The van der Waals surface area contributed by atoms with E-state index in [1.807, 2.05) is 23.1 Å². The van der Waals surface area contributed by atoms with E-state index >= 15 is 0 Å². The molecule has 1 N–H and O–H groups in total. The quantitative estimate of drug-likeness (QED) is 0.737. The lowest BCUT2D eigenvalue weighted by atomic mass is 9.92. The van der Waals surface area contributed by atoms with Crippen LogP contribution in [0.15, 0.2) is 24.3 Å². The van der Waals surface area contributed by atoms with E-state index in [9.17, 15) is 14.9 Å². The maximum atomic E-state index is 12.9.